The van der Waals surface area contributed by atoms with Crippen LogP contribution in [0.3, 0.4) is 0 Å². The van der Waals surface area contributed by atoms with Crippen molar-refractivity contribution >= 4 is 49.3 Å². The van der Waals surface area contributed by atoms with Gasteiger partial charge in [-0.15, -0.1) is 17.8 Å². The molecule has 2 saturated heterocycles. The lowest BCUT2D eigenvalue weighted by atomic mass is 9.87. The summed E-state index contributed by atoms with van der Waals surface area (Å²) in [6, 6.07) is 0. The second-order valence-corrected chi connectivity index (χ2v) is 14.5. The molecule has 43 heavy (non-hydrogen) atoms. The van der Waals surface area contributed by atoms with E-state index in [4.69, 9.17) is 41.7 Å². The summed E-state index contributed by atoms with van der Waals surface area (Å²) < 4.78 is 57.8. The van der Waals surface area contributed by atoms with Gasteiger partial charge in [0.15, 0.2) is 18.0 Å². The number of terminal acetylenes is 1. The van der Waals surface area contributed by atoms with Gasteiger partial charge in [-0.05, 0) is 17.2 Å². The van der Waals surface area contributed by atoms with Crippen LogP contribution in [0.5, 0.6) is 0 Å². The fraction of sp³-hybridized carbons (Fsp3) is 0.650. The van der Waals surface area contributed by atoms with Crippen LogP contribution >= 0.6 is 25.9 Å². The number of hydrogen-bond donors (Lipinski definition) is 10. The van der Waals surface area contributed by atoms with Crippen LogP contribution in [0.1, 0.15) is 21.3 Å². The van der Waals surface area contributed by atoms with Crippen molar-refractivity contribution in [2.45, 2.75) is 60.5 Å². The number of anilines is 1. The standard InChI is InChI=1S/C20H29FN2O16P2S2/c1-3-19(34-2)15(7-5-43-14(9(7)22)16(23)29)37-20(21,18(19)30)6-35-41(33,42)39-40(31,32)38-17-12(28)10(26)11(27)13(36-17)8(25)4-24/h1,5,8,10-13,15,17-18,24-28,30H,4,6,22H2,2H3,(H2,23,29)(H,31,32)(H,33,42)/t8-,10?,11?,12?,13?,15-,17?,18-,19-,20+,41?/m0/s1. The molecule has 2 aliphatic rings. The maximum atomic E-state index is 16.0. The highest BCUT2D eigenvalue weighted by atomic mass is 32.5. The molecule has 0 spiro atoms. The molecular formula is C20H29FN2O16P2S2. The van der Waals surface area contributed by atoms with E-state index in [0.717, 1.165) is 18.4 Å². The number of phosphoric ester groups is 1. The van der Waals surface area contributed by atoms with E-state index in [9.17, 15) is 44.7 Å². The van der Waals surface area contributed by atoms with Gasteiger partial charge in [0.1, 0.15) is 48.1 Å². The third kappa shape index (κ3) is 7.12. The quantitative estimate of drug-likeness (QED) is 0.0772. The molecule has 23 heteroatoms. The molecule has 1 aromatic rings. The number of alkyl halides is 1. The maximum absolute atomic E-state index is 16.0. The summed E-state index contributed by atoms with van der Waals surface area (Å²) in [7, 11) is -4.63. The predicted octanol–water partition coefficient (Wildman–Crippen LogP) is -2.93. The summed E-state index contributed by atoms with van der Waals surface area (Å²) in [5.41, 5.74) is 8.56. The first-order valence-electron chi connectivity index (χ1n) is 11.7. The molecule has 0 aliphatic carbocycles. The molecule has 18 nitrogen and oxygen atoms in total. The number of carbonyl (C=O) groups is 1. The summed E-state index contributed by atoms with van der Waals surface area (Å²) in [4.78, 5) is 32.0. The summed E-state index contributed by atoms with van der Waals surface area (Å²) in [6.07, 6.45) is -10.8. The summed E-state index contributed by atoms with van der Waals surface area (Å²) >= 11 is 5.39. The number of hydrogen-bond acceptors (Lipinski definition) is 17. The number of aliphatic hydroxyl groups is 6. The smallest absolute Gasteiger partial charge is 0.397 e. The second kappa shape index (κ2) is 13.3. The minimum Gasteiger partial charge on any atom is -0.397 e. The van der Waals surface area contributed by atoms with E-state index in [2.05, 4.69) is 26.6 Å². The van der Waals surface area contributed by atoms with Gasteiger partial charge >= 0.3 is 14.5 Å². The first-order valence-corrected chi connectivity index (χ1v) is 16.7. The van der Waals surface area contributed by atoms with Gasteiger partial charge < -0.3 is 70.6 Å². The number of aliphatic hydroxyl groups excluding tert-OH is 6. The number of primary amides is 1. The number of phosphoric acid groups is 1. The third-order valence-electron chi connectivity index (χ3n) is 6.49. The molecule has 2 aliphatic heterocycles. The van der Waals surface area contributed by atoms with Gasteiger partial charge in [-0.3, -0.25) is 9.32 Å². The molecule has 1 aromatic heterocycles. The fourth-order valence-corrected chi connectivity index (χ4v) is 8.22. The van der Waals surface area contributed by atoms with Gasteiger partial charge in [-0.25, -0.2) is 13.3 Å². The van der Waals surface area contributed by atoms with Gasteiger partial charge in [-0.2, -0.15) is 0 Å². The van der Waals surface area contributed by atoms with Crippen LogP contribution in [-0.4, -0.2) is 121 Å². The SMILES string of the molecule is C#C[C@]1(OC)[C@H](c2csc(C(N)=O)c2N)O[C@](F)(COP(O)(=S)OP(=O)(O)OC2OC([C@@H](O)CO)C(O)C(O)C2O)[C@H]1O. The molecule has 0 radical (unpaired) electrons. The Labute approximate surface area is 251 Å². The molecular weight excluding hydrogens is 669 g/mol. The molecule has 1 amide bonds. The normalized spacial score (nSPS) is 38.1. The van der Waals surface area contributed by atoms with Crippen LogP contribution in [0.15, 0.2) is 5.38 Å². The van der Waals surface area contributed by atoms with Gasteiger partial charge in [0.05, 0.1) is 12.3 Å². The molecule has 12 atom stereocenters. The van der Waals surface area contributed by atoms with E-state index < -0.39 is 94.1 Å². The number of halogens is 1. The van der Waals surface area contributed by atoms with Gasteiger partial charge in [-0.1, -0.05) is 5.92 Å². The summed E-state index contributed by atoms with van der Waals surface area (Å²) in [6.45, 7) is -7.51. The lowest BCUT2D eigenvalue weighted by Crippen LogP contribution is -2.61. The van der Waals surface area contributed by atoms with Crippen LogP contribution in [0.2, 0.25) is 0 Å². The Hall–Kier alpha value is -1.22. The predicted molar refractivity (Wildman–Crippen MR) is 144 cm³/mol. The number of amides is 1. The van der Waals surface area contributed by atoms with E-state index in [0.29, 0.717) is 0 Å². The monoisotopic (exact) mass is 698 g/mol. The molecule has 0 aromatic carbocycles. The molecule has 0 bridgehead atoms. The number of nitrogens with two attached hydrogens (primary N) is 2. The van der Waals surface area contributed by atoms with E-state index in [1.165, 1.54) is 5.38 Å². The lowest BCUT2D eigenvalue weighted by molar-refractivity contribution is -0.292. The molecule has 3 rings (SSSR count). The Balaban J connectivity index is 1.77. The van der Waals surface area contributed by atoms with Crippen molar-refractivity contribution in [1.29, 1.82) is 0 Å². The van der Waals surface area contributed by atoms with Crippen molar-refractivity contribution in [1.82, 2.24) is 0 Å². The van der Waals surface area contributed by atoms with Gasteiger partial charge in [0.25, 0.3) is 11.8 Å². The van der Waals surface area contributed by atoms with Gasteiger partial charge in [0, 0.05) is 12.7 Å². The maximum Gasteiger partial charge on any atom is 0.481 e. The Bertz CT molecular complexity index is 1330. The van der Waals surface area contributed by atoms with E-state index in [1.807, 2.05) is 0 Å². The first-order chi connectivity index (χ1) is 19.8. The van der Waals surface area contributed by atoms with Crippen molar-refractivity contribution in [3.63, 3.8) is 0 Å². The van der Waals surface area contributed by atoms with Crippen LogP contribution in [0.25, 0.3) is 0 Å². The highest BCUT2D eigenvalue weighted by Gasteiger charge is 2.66. The third-order valence-corrected chi connectivity index (χ3v) is 11.0. The van der Waals surface area contributed by atoms with Crippen LogP contribution in [0, 0.1) is 12.3 Å². The highest BCUT2D eigenvalue weighted by molar-refractivity contribution is 8.08. The number of methoxy groups -OCH3 is 1. The summed E-state index contributed by atoms with van der Waals surface area (Å²) in [5, 5.41) is 60.9. The van der Waals surface area contributed by atoms with Gasteiger partial charge in [0.2, 0.25) is 0 Å². The van der Waals surface area contributed by atoms with E-state index >= 15 is 4.39 Å². The van der Waals surface area contributed by atoms with Crippen molar-refractivity contribution < 1.29 is 81.7 Å². The Kier molecular flexibility index (Phi) is 11.2. The molecule has 2 fully saturated rings. The molecule has 7 unspecified atom stereocenters. The zero-order valence-corrected chi connectivity index (χ0v) is 25.2. The van der Waals surface area contributed by atoms with Crippen LogP contribution in [0.4, 0.5) is 10.1 Å². The topological polar surface area (TPSA) is 303 Å². The van der Waals surface area contributed by atoms with Crippen LogP contribution in [-0.2, 0) is 43.9 Å². The molecule has 3 heterocycles. The number of nitrogen functional groups attached to an aromatic ring is 1. The number of ether oxygens (including phenoxy) is 3. The zero-order chi connectivity index (χ0) is 32.7. The Morgan fingerprint density at radius 3 is 2.44 bits per heavy atom. The minimum absolute atomic E-state index is 0.0897. The molecule has 244 valence electrons. The Morgan fingerprint density at radius 1 is 1.30 bits per heavy atom. The zero-order valence-electron chi connectivity index (χ0n) is 21.8. The summed E-state index contributed by atoms with van der Waals surface area (Å²) in [5.74, 6) is -2.21. The molecule has 12 N–H and O–H groups in total. The van der Waals surface area contributed by atoms with E-state index in [-0.39, 0.29) is 16.1 Å². The average Bonchev–Trinajstić information content (AvgIpc) is 3.41. The van der Waals surface area contributed by atoms with Crippen LogP contribution < -0.4 is 11.5 Å². The number of thiophene rings is 1. The highest BCUT2D eigenvalue weighted by Crippen LogP contribution is 2.62. The Morgan fingerprint density at radius 2 is 1.93 bits per heavy atom. The van der Waals surface area contributed by atoms with Crippen molar-refractivity contribution in [2.75, 3.05) is 26.1 Å². The van der Waals surface area contributed by atoms with Crippen molar-refractivity contribution in [3.05, 3.63) is 15.8 Å². The average molecular weight is 699 g/mol. The van der Waals surface area contributed by atoms with Crippen molar-refractivity contribution in [3.8, 4) is 12.3 Å². The lowest BCUT2D eigenvalue weighted by Gasteiger charge is -2.41. The largest absolute Gasteiger partial charge is 0.481 e. The first kappa shape index (κ1) is 36.3. The van der Waals surface area contributed by atoms with Crippen molar-refractivity contribution in [2.24, 2.45) is 5.73 Å². The fourth-order valence-electron chi connectivity index (χ4n) is 4.28. The number of carbonyl (C=O) groups excluding carboxylic acids is 1. The van der Waals surface area contributed by atoms with E-state index in [1.54, 1.807) is 0 Å². The number of rotatable bonds is 12. The second-order valence-electron chi connectivity index (χ2n) is 9.21. The molecule has 0 saturated carbocycles. The minimum atomic E-state index is -5.63.